The predicted octanol–water partition coefficient (Wildman–Crippen LogP) is 2.23. The Morgan fingerprint density at radius 2 is 2.00 bits per heavy atom. The number of nitrogens with two attached hydrogens (primary N) is 1. The lowest BCUT2D eigenvalue weighted by atomic mass is 10.1. The fourth-order valence-electron chi connectivity index (χ4n) is 1.53. The van der Waals surface area contributed by atoms with Crippen LogP contribution in [-0.4, -0.2) is 16.8 Å². The van der Waals surface area contributed by atoms with Crippen molar-refractivity contribution in [1.82, 2.24) is 4.98 Å². The summed E-state index contributed by atoms with van der Waals surface area (Å²) in [4.78, 5) is 26.8. The van der Waals surface area contributed by atoms with Crippen LogP contribution in [0.5, 0.6) is 0 Å². The Hall–Kier alpha value is -2.47. The highest BCUT2D eigenvalue weighted by molar-refractivity contribution is 6.34. The topological polar surface area (TPSA) is 85.1 Å². The molecule has 0 saturated carbocycles. The Labute approximate surface area is 118 Å². The molecule has 7 heteroatoms. The van der Waals surface area contributed by atoms with E-state index in [1.54, 1.807) is 0 Å². The molecule has 2 rings (SSSR count). The van der Waals surface area contributed by atoms with E-state index in [4.69, 9.17) is 17.3 Å². The van der Waals surface area contributed by atoms with E-state index in [0.29, 0.717) is 0 Å². The first-order valence-electron chi connectivity index (χ1n) is 5.49. The monoisotopic (exact) mass is 293 g/mol. The molecule has 1 heterocycles. The van der Waals surface area contributed by atoms with Crippen LogP contribution in [0.3, 0.4) is 0 Å². The number of nitrogens with one attached hydrogen (secondary N) is 1. The van der Waals surface area contributed by atoms with Gasteiger partial charge in [-0.15, -0.1) is 0 Å². The van der Waals surface area contributed by atoms with Crippen molar-refractivity contribution in [2.45, 2.75) is 0 Å². The normalized spacial score (nSPS) is 10.1. The van der Waals surface area contributed by atoms with E-state index in [1.165, 1.54) is 24.5 Å². The van der Waals surface area contributed by atoms with E-state index in [2.05, 4.69) is 10.3 Å². The molecule has 0 saturated heterocycles. The molecule has 5 nitrogen and oxygen atoms in total. The van der Waals surface area contributed by atoms with Gasteiger partial charge in [-0.25, -0.2) is 4.39 Å². The number of halogens is 2. The summed E-state index contributed by atoms with van der Waals surface area (Å²) < 4.78 is 13.3. The van der Waals surface area contributed by atoms with Gasteiger partial charge in [0.1, 0.15) is 5.82 Å². The molecule has 102 valence electrons. The molecule has 1 aromatic heterocycles. The maximum Gasteiger partial charge on any atom is 0.258 e. The summed E-state index contributed by atoms with van der Waals surface area (Å²) in [5.74, 6) is -2.20. The van der Waals surface area contributed by atoms with Gasteiger partial charge in [0.2, 0.25) is 0 Å². The number of hydrogen-bond acceptors (Lipinski definition) is 3. The van der Waals surface area contributed by atoms with Gasteiger partial charge < -0.3 is 11.1 Å². The fourth-order valence-corrected chi connectivity index (χ4v) is 1.73. The summed E-state index contributed by atoms with van der Waals surface area (Å²) >= 11 is 5.86. The molecule has 0 fully saturated rings. The van der Waals surface area contributed by atoms with Gasteiger partial charge in [0, 0.05) is 18.1 Å². The van der Waals surface area contributed by atoms with Crippen LogP contribution in [0.15, 0.2) is 36.7 Å². The number of aromatic nitrogens is 1. The third kappa shape index (κ3) is 2.92. The zero-order chi connectivity index (χ0) is 14.7. The third-order valence-electron chi connectivity index (χ3n) is 2.50. The second-order valence-corrected chi connectivity index (χ2v) is 4.28. The van der Waals surface area contributed by atoms with Gasteiger partial charge in [0.25, 0.3) is 11.8 Å². The molecule has 2 aromatic rings. The number of pyridine rings is 1. The van der Waals surface area contributed by atoms with Crippen LogP contribution in [0.2, 0.25) is 5.02 Å². The second kappa shape index (κ2) is 5.66. The predicted molar refractivity (Wildman–Crippen MR) is 72.1 cm³/mol. The van der Waals surface area contributed by atoms with E-state index >= 15 is 0 Å². The van der Waals surface area contributed by atoms with Gasteiger partial charge in [0.15, 0.2) is 0 Å². The van der Waals surface area contributed by atoms with Gasteiger partial charge in [0.05, 0.1) is 16.1 Å². The van der Waals surface area contributed by atoms with E-state index in [0.717, 1.165) is 12.1 Å². The third-order valence-corrected chi connectivity index (χ3v) is 2.83. The lowest BCUT2D eigenvalue weighted by Gasteiger charge is -2.07. The molecule has 1 aromatic carbocycles. The SMILES string of the molecule is NC(=O)c1cc(NC(=O)c2cnccc2Cl)ccc1F. The number of primary amides is 1. The molecule has 20 heavy (non-hydrogen) atoms. The zero-order valence-corrected chi connectivity index (χ0v) is 10.8. The van der Waals surface area contributed by atoms with Crippen molar-refractivity contribution in [3.05, 3.63) is 58.6 Å². The lowest BCUT2D eigenvalue weighted by Crippen LogP contribution is -2.16. The average molecular weight is 294 g/mol. The lowest BCUT2D eigenvalue weighted by molar-refractivity contribution is 0.0992. The number of rotatable bonds is 3. The maximum atomic E-state index is 13.3. The van der Waals surface area contributed by atoms with Crippen molar-refractivity contribution >= 4 is 29.1 Å². The van der Waals surface area contributed by atoms with Crippen molar-refractivity contribution < 1.29 is 14.0 Å². The van der Waals surface area contributed by atoms with Crippen LogP contribution < -0.4 is 11.1 Å². The summed E-state index contributed by atoms with van der Waals surface area (Å²) in [6, 6.07) is 4.97. The highest BCUT2D eigenvalue weighted by Crippen LogP contribution is 2.18. The molecule has 2 amide bonds. The second-order valence-electron chi connectivity index (χ2n) is 3.87. The first-order valence-corrected chi connectivity index (χ1v) is 5.87. The van der Waals surface area contributed by atoms with Gasteiger partial charge in [-0.2, -0.15) is 0 Å². The van der Waals surface area contributed by atoms with Crippen LogP contribution >= 0.6 is 11.6 Å². The zero-order valence-electron chi connectivity index (χ0n) is 10.1. The number of carbonyl (C=O) groups excluding carboxylic acids is 2. The fraction of sp³-hybridized carbons (Fsp3) is 0. The Balaban J connectivity index is 2.27. The molecule has 0 bridgehead atoms. The number of hydrogen-bond donors (Lipinski definition) is 2. The minimum absolute atomic E-state index is 0.166. The van der Waals surface area contributed by atoms with Crippen LogP contribution in [0.4, 0.5) is 10.1 Å². The largest absolute Gasteiger partial charge is 0.366 e. The standard InChI is InChI=1S/C13H9ClFN3O2/c14-10-3-4-17-6-9(10)13(20)18-7-1-2-11(15)8(5-7)12(16)19/h1-6H,(H2,16,19)(H,18,20). The van der Waals surface area contributed by atoms with Crippen molar-refractivity contribution in [2.24, 2.45) is 5.73 Å². The van der Waals surface area contributed by atoms with Gasteiger partial charge in [-0.1, -0.05) is 11.6 Å². The number of benzene rings is 1. The van der Waals surface area contributed by atoms with Gasteiger partial charge in [-0.05, 0) is 24.3 Å². The summed E-state index contributed by atoms with van der Waals surface area (Å²) in [5.41, 5.74) is 5.11. The Morgan fingerprint density at radius 3 is 2.65 bits per heavy atom. The van der Waals surface area contributed by atoms with Crippen LogP contribution in [0.1, 0.15) is 20.7 Å². The van der Waals surface area contributed by atoms with E-state index in [-0.39, 0.29) is 21.8 Å². The Morgan fingerprint density at radius 1 is 1.25 bits per heavy atom. The van der Waals surface area contributed by atoms with E-state index < -0.39 is 17.6 Å². The molecule has 0 aliphatic heterocycles. The summed E-state index contributed by atoms with van der Waals surface area (Å²) in [5, 5.41) is 2.71. The molecule has 0 aliphatic rings. The molecule has 3 N–H and O–H groups in total. The molecular weight excluding hydrogens is 285 g/mol. The first kappa shape index (κ1) is 14.0. The van der Waals surface area contributed by atoms with Gasteiger partial charge in [-0.3, -0.25) is 14.6 Å². The van der Waals surface area contributed by atoms with Crippen molar-refractivity contribution in [3.8, 4) is 0 Å². The van der Waals surface area contributed by atoms with E-state index in [9.17, 15) is 14.0 Å². The van der Waals surface area contributed by atoms with Crippen molar-refractivity contribution in [2.75, 3.05) is 5.32 Å². The van der Waals surface area contributed by atoms with Gasteiger partial charge >= 0.3 is 0 Å². The van der Waals surface area contributed by atoms with E-state index in [1.807, 2.05) is 0 Å². The highest BCUT2D eigenvalue weighted by atomic mass is 35.5. The Kier molecular flexibility index (Phi) is 3.95. The minimum Gasteiger partial charge on any atom is -0.366 e. The molecule has 0 spiro atoms. The van der Waals surface area contributed by atoms with Crippen LogP contribution in [0.25, 0.3) is 0 Å². The summed E-state index contributed by atoms with van der Waals surface area (Å²) in [6.45, 7) is 0. The van der Waals surface area contributed by atoms with Crippen LogP contribution in [-0.2, 0) is 0 Å². The number of nitrogens with zero attached hydrogens (tertiary/aromatic N) is 1. The molecule has 0 radical (unpaired) electrons. The smallest absolute Gasteiger partial charge is 0.258 e. The highest BCUT2D eigenvalue weighted by Gasteiger charge is 2.13. The molecule has 0 atom stereocenters. The first-order chi connectivity index (χ1) is 9.49. The number of carbonyl (C=O) groups is 2. The Bertz CT molecular complexity index is 691. The summed E-state index contributed by atoms with van der Waals surface area (Å²) in [7, 11) is 0. The van der Waals surface area contributed by atoms with Crippen molar-refractivity contribution in [1.29, 1.82) is 0 Å². The molecule has 0 aliphatic carbocycles. The number of anilines is 1. The quantitative estimate of drug-likeness (QED) is 0.910. The maximum absolute atomic E-state index is 13.3. The summed E-state index contributed by atoms with van der Waals surface area (Å²) in [6.07, 6.45) is 2.75. The average Bonchev–Trinajstić information content (AvgIpc) is 2.41. The number of amides is 2. The van der Waals surface area contributed by atoms with Crippen LogP contribution in [0, 0.1) is 5.82 Å². The van der Waals surface area contributed by atoms with Crippen molar-refractivity contribution in [3.63, 3.8) is 0 Å². The molecule has 0 unspecified atom stereocenters. The molecular formula is C13H9ClFN3O2. The minimum atomic E-state index is -0.919.